The molecule has 0 spiro atoms. The van der Waals surface area contributed by atoms with E-state index < -0.39 is 40.5 Å². The van der Waals surface area contributed by atoms with Crippen LogP contribution in [0.1, 0.15) is 0 Å². The molecule has 0 atom stereocenters. The van der Waals surface area contributed by atoms with Gasteiger partial charge in [-0.25, -0.2) is 14.1 Å². The highest BCUT2D eigenvalue weighted by molar-refractivity contribution is 7.46. The third-order valence-corrected chi connectivity index (χ3v) is 4.01. The molecule has 0 aliphatic rings. The van der Waals surface area contributed by atoms with E-state index in [0.717, 1.165) is 0 Å². The normalized spacial score (nSPS) is 12.9. The maximum atomic E-state index is 11.7. The van der Waals surface area contributed by atoms with Crippen molar-refractivity contribution >= 4 is 32.8 Å². The van der Waals surface area contributed by atoms with Gasteiger partial charge in [-0.05, 0) is 0 Å². The maximum absolute atomic E-state index is 11.7. The highest BCUT2D eigenvalue weighted by Gasteiger charge is 2.23. The van der Waals surface area contributed by atoms with Crippen molar-refractivity contribution in [3.63, 3.8) is 0 Å². The lowest BCUT2D eigenvalue weighted by Gasteiger charge is -2.18. The number of hydrogen-bond donors (Lipinski definition) is 6. The first-order valence-electron chi connectivity index (χ1n) is 7.17. The van der Waals surface area contributed by atoms with Crippen LogP contribution in [-0.2, 0) is 29.5 Å². The Bertz CT molecular complexity index is 906. The first kappa shape index (κ1) is 21.6. The molecule has 0 fully saturated rings. The van der Waals surface area contributed by atoms with E-state index in [-0.39, 0.29) is 30.3 Å². The third kappa shape index (κ3) is 7.10. The topological polar surface area (TPSA) is 232 Å². The molecule has 0 aromatic carbocycles. The molecule has 0 saturated carbocycles. The molecule has 0 aliphatic heterocycles. The number of ether oxygens (including phenoxy) is 1. The van der Waals surface area contributed by atoms with Crippen molar-refractivity contribution in [1.29, 1.82) is 0 Å². The molecular weight excluding hydrogens is 412 g/mol. The van der Waals surface area contributed by atoms with Gasteiger partial charge in [-0.2, -0.15) is 4.98 Å². The fourth-order valence-corrected chi connectivity index (χ4v) is 2.68. The molecule has 0 saturated heterocycles. The van der Waals surface area contributed by atoms with Crippen molar-refractivity contribution in [2.45, 2.75) is 12.6 Å². The Morgan fingerprint density at radius 2 is 1.78 bits per heavy atom. The van der Waals surface area contributed by atoms with Crippen molar-refractivity contribution < 1.29 is 42.5 Å². The number of fused-ring (bicyclic) bond motifs is 1. The molecule has 0 radical (unpaired) electrons. The van der Waals surface area contributed by atoms with Crippen LogP contribution in [0, 0.1) is 0 Å². The summed E-state index contributed by atoms with van der Waals surface area (Å²) in [5.74, 6) is -0.113. The van der Waals surface area contributed by atoms with Crippen LogP contribution >= 0.6 is 15.6 Å². The van der Waals surface area contributed by atoms with Gasteiger partial charge in [0.15, 0.2) is 11.2 Å². The molecule has 7 N–H and O–H groups in total. The van der Waals surface area contributed by atoms with Crippen LogP contribution in [0.3, 0.4) is 0 Å². The molecular formula is C10H17N5O10P2. The first-order valence-corrected chi connectivity index (χ1v) is 10.2. The Labute approximate surface area is 150 Å². The van der Waals surface area contributed by atoms with Gasteiger partial charge in [-0.15, -0.1) is 0 Å². The zero-order valence-corrected chi connectivity index (χ0v) is 15.3. The number of imidazole rings is 1. The van der Waals surface area contributed by atoms with E-state index in [1.165, 1.54) is 10.9 Å². The van der Waals surface area contributed by atoms with E-state index in [9.17, 15) is 13.9 Å². The molecule has 0 unspecified atom stereocenters. The predicted molar refractivity (Wildman–Crippen MR) is 88.3 cm³/mol. The Kier molecular flexibility index (Phi) is 6.86. The fraction of sp³-hybridized carbons (Fsp3) is 0.500. The standard InChI is InChI=1S/C10H17N5O10P2/c11-10-13-8-7(9(16)14-10)12-5-15(8)1-2-23-6(3-24-26(17,18)19)4-25-27(20,21)22/h5-6H,1-4H2,(H2,17,18,19)(H2,20,21,22)(H3,11,13,14,16). The van der Waals surface area contributed by atoms with Crippen molar-refractivity contribution in [3.8, 4) is 0 Å². The number of aromatic nitrogens is 4. The number of nitrogens with two attached hydrogens (primary N) is 1. The van der Waals surface area contributed by atoms with Crippen LogP contribution in [0.15, 0.2) is 11.1 Å². The van der Waals surface area contributed by atoms with Crippen molar-refractivity contribution in [3.05, 3.63) is 16.7 Å². The van der Waals surface area contributed by atoms with Gasteiger partial charge in [-0.3, -0.25) is 18.8 Å². The molecule has 0 aliphatic carbocycles. The van der Waals surface area contributed by atoms with E-state index in [4.69, 9.17) is 30.0 Å². The number of nitrogens with one attached hydrogen (secondary N) is 1. The van der Waals surface area contributed by atoms with Gasteiger partial charge >= 0.3 is 15.6 Å². The Balaban J connectivity index is 2.00. The molecule has 152 valence electrons. The number of hydrogen-bond acceptors (Lipinski definition) is 9. The smallest absolute Gasteiger partial charge is 0.372 e. The molecule has 2 aromatic rings. The van der Waals surface area contributed by atoms with Crippen LogP contribution < -0.4 is 11.3 Å². The summed E-state index contributed by atoms with van der Waals surface area (Å²) in [5.41, 5.74) is 5.18. The molecule has 2 aromatic heterocycles. The molecule has 17 heteroatoms. The minimum absolute atomic E-state index is 0.0513. The molecule has 2 rings (SSSR count). The van der Waals surface area contributed by atoms with Crippen molar-refractivity contribution in [1.82, 2.24) is 19.5 Å². The quantitative estimate of drug-likeness (QED) is 0.232. The fourth-order valence-electron chi connectivity index (χ4n) is 1.96. The summed E-state index contributed by atoms with van der Waals surface area (Å²) in [4.78, 5) is 56.7. The van der Waals surface area contributed by atoms with Gasteiger partial charge in [-0.1, -0.05) is 0 Å². The zero-order chi connectivity index (χ0) is 20.2. The summed E-state index contributed by atoms with van der Waals surface area (Å²) >= 11 is 0. The van der Waals surface area contributed by atoms with Gasteiger partial charge < -0.3 is 34.6 Å². The Morgan fingerprint density at radius 3 is 2.33 bits per heavy atom. The first-order chi connectivity index (χ1) is 12.4. The minimum atomic E-state index is -4.81. The number of phosphoric acid groups is 2. The van der Waals surface area contributed by atoms with E-state index in [2.05, 4.69) is 24.0 Å². The van der Waals surface area contributed by atoms with Crippen LogP contribution in [-0.4, -0.2) is 65.0 Å². The second kappa shape index (κ2) is 8.56. The van der Waals surface area contributed by atoms with E-state index in [1.807, 2.05) is 0 Å². The summed E-state index contributed by atoms with van der Waals surface area (Å²) in [6.45, 7) is -1.38. The van der Waals surface area contributed by atoms with Crippen LogP contribution in [0.5, 0.6) is 0 Å². The number of nitrogens with zero attached hydrogens (tertiary/aromatic N) is 3. The maximum Gasteiger partial charge on any atom is 0.469 e. The number of aromatic amines is 1. The number of phosphoric ester groups is 2. The summed E-state index contributed by atoms with van der Waals surface area (Å²) in [6, 6.07) is 0. The second-order valence-corrected chi connectivity index (χ2v) is 7.61. The number of H-pyrrole nitrogens is 1. The van der Waals surface area contributed by atoms with Crippen LogP contribution in [0.4, 0.5) is 5.95 Å². The van der Waals surface area contributed by atoms with Crippen molar-refractivity contribution in [2.24, 2.45) is 0 Å². The molecule has 15 nitrogen and oxygen atoms in total. The van der Waals surface area contributed by atoms with E-state index >= 15 is 0 Å². The molecule has 27 heavy (non-hydrogen) atoms. The SMILES string of the molecule is Nc1nc2c(ncn2CCOC(COP(=O)(O)O)COP(=O)(O)O)c(=O)[nH]1. The second-order valence-electron chi connectivity index (χ2n) is 5.13. The lowest BCUT2D eigenvalue weighted by Crippen LogP contribution is -2.26. The minimum Gasteiger partial charge on any atom is -0.372 e. The predicted octanol–water partition coefficient (Wildman–Crippen LogP) is -1.69. The third-order valence-electron chi connectivity index (χ3n) is 3.04. The van der Waals surface area contributed by atoms with Gasteiger partial charge in [0.2, 0.25) is 5.95 Å². The molecule has 0 bridgehead atoms. The summed E-state index contributed by atoms with van der Waals surface area (Å²) in [7, 11) is -9.63. The summed E-state index contributed by atoms with van der Waals surface area (Å²) in [6.07, 6.45) is 0.115. The van der Waals surface area contributed by atoms with Crippen LogP contribution in [0.2, 0.25) is 0 Å². The summed E-state index contributed by atoms with van der Waals surface area (Å²) < 4.78 is 36.8. The molecule has 0 amide bonds. The monoisotopic (exact) mass is 429 g/mol. The van der Waals surface area contributed by atoms with E-state index in [0.29, 0.717) is 0 Å². The number of anilines is 1. The van der Waals surface area contributed by atoms with Gasteiger partial charge in [0.05, 0.1) is 26.1 Å². The highest BCUT2D eigenvalue weighted by Crippen LogP contribution is 2.38. The Morgan fingerprint density at radius 1 is 1.19 bits per heavy atom. The van der Waals surface area contributed by atoms with E-state index in [1.54, 1.807) is 0 Å². The van der Waals surface area contributed by atoms with Crippen molar-refractivity contribution in [2.75, 3.05) is 25.6 Å². The van der Waals surface area contributed by atoms with Gasteiger partial charge in [0.25, 0.3) is 5.56 Å². The average molecular weight is 429 g/mol. The number of nitrogen functional groups attached to an aromatic ring is 1. The van der Waals surface area contributed by atoms with Gasteiger partial charge in [0.1, 0.15) is 6.10 Å². The lowest BCUT2D eigenvalue weighted by atomic mass is 10.4. The highest BCUT2D eigenvalue weighted by atomic mass is 31.2. The number of rotatable bonds is 10. The van der Waals surface area contributed by atoms with Crippen LogP contribution in [0.25, 0.3) is 11.2 Å². The molecule has 2 heterocycles. The van der Waals surface area contributed by atoms with Gasteiger partial charge in [0, 0.05) is 6.54 Å². The summed E-state index contributed by atoms with van der Waals surface area (Å²) in [5, 5.41) is 0. The average Bonchev–Trinajstić information content (AvgIpc) is 2.91. The Hall–Kier alpha value is -1.67. The largest absolute Gasteiger partial charge is 0.469 e. The lowest BCUT2D eigenvalue weighted by molar-refractivity contribution is -0.0213. The zero-order valence-electron chi connectivity index (χ0n) is 13.5.